The smallest absolute Gasteiger partial charge is 0.232 e. The minimum absolute atomic E-state index is 0.296. The predicted molar refractivity (Wildman–Crippen MR) is 87.5 cm³/mol. The fourth-order valence-electron chi connectivity index (χ4n) is 5.43. The second-order valence-corrected chi connectivity index (χ2v) is 8.65. The first-order valence-electron chi connectivity index (χ1n) is 8.69. The molecule has 0 N–H and O–H groups in total. The summed E-state index contributed by atoms with van der Waals surface area (Å²) in [4.78, 5) is 4.47. The summed E-state index contributed by atoms with van der Waals surface area (Å²) in [6.07, 6.45) is 6.08. The maximum Gasteiger partial charge on any atom is 0.232 e. The van der Waals surface area contributed by atoms with Crippen LogP contribution in [-0.2, 0) is 14.2 Å². The Kier molecular flexibility index (Phi) is 2.88. The summed E-state index contributed by atoms with van der Waals surface area (Å²) in [6, 6.07) is 0. The summed E-state index contributed by atoms with van der Waals surface area (Å²) in [6.45, 7) is 6.65. The zero-order valence-corrected chi connectivity index (χ0v) is 14.7. The Balaban J connectivity index is 1.66. The molecule has 6 atom stereocenters. The Labute approximate surface area is 140 Å². The van der Waals surface area contributed by atoms with Crippen LogP contribution < -0.4 is 0 Å². The molecule has 0 amide bonds. The van der Waals surface area contributed by atoms with E-state index in [1.807, 2.05) is 11.6 Å². The maximum absolute atomic E-state index is 6.65. The summed E-state index contributed by atoms with van der Waals surface area (Å²) in [5.41, 5.74) is 0.998. The predicted octanol–water partition coefficient (Wildman–Crippen LogP) is 4.19. The molecule has 0 radical (unpaired) electrons. The molecule has 5 rings (SSSR count). The lowest BCUT2D eigenvalue weighted by Gasteiger charge is -2.55. The number of aromatic nitrogens is 1. The molecule has 1 aliphatic carbocycles. The van der Waals surface area contributed by atoms with Gasteiger partial charge in [0.05, 0.1) is 0 Å². The first kappa shape index (κ1) is 14.4. The molecule has 5 heteroatoms. The van der Waals surface area contributed by atoms with E-state index >= 15 is 0 Å². The van der Waals surface area contributed by atoms with Crippen LogP contribution in [0, 0.1) is 17.8 Å². The molecule has 4 aliphatic rings. The van der Waals surface area contributed by atoms with Crippen LogP contribution in [-0.4, -0.2) is 22.7 Å². The second kappa shape index (κ2) is 4.58. The highest BCUT2D eigenvalue weighted by Gasteiger charge is 2.70. The molecule has 1 saturated carbocycles. The van der Waals surface area contributed by atoms with Gasteiger partial charge in [0.1, 0.15) is 5.60 Å². The lowest BCUT2D eigenvalue weighted by atomic mass is 9.58. The van der Waals surface area contributed by atoms with Gasteiger partial charge < -0.3 is 14.2 Å². The largest absolute Gasteiger partial charge is 0.459 e. The Bertz CT molecular complexity index is 672. The number of fused-ring (bicyclic) bond motifs is 1. The highest BCUT2D eigenvalue weighted by molar-refractivity contribution is 7.10. The molecule has 124 valence electrons. The van der Waals surface area contributed by atoms with Crippen molar-refractivity contribution in [1.82, 2.24) is 4.98 Å². The lowest BCUT2D eigenvalue weighted by molar-refractivity contribution is -0.242. The summed E-state index contributed by atoms with van der Waals surface area (Å²) in [5, 5.41) is 2.96. The van der Waals surface area contributed by atoms with Crippen LogP contribution in [0.1, 0.15) is 51.5 Å². The standard InChI is InChI=1S/C18H23NO3S/c1-10-4-5-13-11(2)14(15-19-8-9-23-15)20-16-18(13)12(10)6-7-17(3,21-16)22-18/h8-10,12-13,16H,4-7H2,1-3H3/t10-,12?,13+,16?,17+,18-/m1/s1. The fraction of sp³-hybridized carbons (Fsp3) is 0.722. The van der Waals surface area contributed by atoms with E-state index < -0.39 is 5.79 Å². The van der Waals surface area contributed by atoms with Crippen molar-refractivity contribution in [3.63, 3.8) is 0 Å². The van der Waals surface area contributed by atoms with Gasteiger partial charge in [-0.2, -0.15) is 0 Å². The molecule has 1 spiro atoms. The van der Waals surface area contributed by atoms with Gasteiger partial charge in [-0.15, -0.1) is 11.3 Å². The SMILES string of the molecule is CC1=C(c2nccs2)OC2O[C@]3(C)CCC4[C@H](C)CC[C@@H]1[C@@]24O3. The summed E-state index contributed by atoms with van der Waals surface area (Å²) < 4.78 is 19.4. The number of hydrogen-bond donors (Lipinski definition) is 0. The minimum Gasteiger partial charge on any atom is -0.459 e. The van der Waals surface area contributed by atoms with Gasteiger partial charge in [-0.25, -0.2) is 4.98 Å². The highest BCUT2D eigenvalue weighted by atomic mass is 32.1. The van der Waals surface area contributed by atoms with Crippen molar-refractivity contribution in [3.8, 4) is 0 Å². The number of nitrogens with zero attached hydrogens (tertiary/aromatic N) is 1. The Morgan fingerprint density at radius 1 is 1.30 bits per heavy atom. The van der Waals surface area contributed by atoms with Gasteiger partial charge in [-0.1, -0.05) is 6.92 Å². The molecule has 3 aliphatic heterocycles. The van der Waals surface area contributed by atoms with Crippen molar-refractivity contribution in [2.24, 2.45) is 17.8 Å². The zero-order chi connectivity index (χ0) is 15.8. The van der Waals surface area contributed by atoms with E-state index in [9.17, 15) is 0 Å². The first-order chi connectivity index (χ1) is 11.0. The molecule has 2 unspecified atom stereocenters. The summed E-state index contributed by atoms with van der Waals surface area (Å²) in [7, 11) is 0. The molecule has 23 heavy (non-hydrogen) atoms. The number of hydrogen-bond acceptors (Lipinski definition) is 5. The molecule has 4 heterocycles. The van der Waals surface area contributed by atoms with Crippen LogP contribution in [0.4, 0.5) is 0 Å². The van der Waals surface area contributed by atoms with E-state index in [0.29, 0.717) is 17.8 Å². The highest BCUT2D eigenvalue weighted by Crippen LogP contribution is 2.63. The van der Waals surface area contributed by atoms with Crippen molar-refractivity contribution in [1.29, 1.82) is 0 Å². The average molecular weight is 333 g/mol. The molecule has 4 nitrogen and oxygen atoms in total. The van der Waals surface area contributed by atoms with Crippen molar-refractivity contribution in [2.45, 2.75) is 64.1 Å². The molecular formula is C18H23NO3S. The van der Waals surface area contributed by atoms with E-state index in [4.69, 9.17) is 14.2 Å². The van der Waals surface area contributed by atoms with Crippen LogP contribution >= 0.6 is 11.3 Å². The quantitative estimate of drug-likeness (QED) is 0.773. The van der Waals surface area contributed by atoms with Gasteiger partial charge >= 0.3 is 0 Å². The minimum atomic E-state index is -0.491. The van der Waals surface area contributed by atoms with E-state index in [2.05, 4.69) is 25.8 Å². The van der Waals surface area contributed by atoms with Crippen molar-refractivity contribution < 1.29 is 14.2 Å². The number of thiazole rings is 1. The Morgan fingerprint density at radius 3 is 2.96 bits per heavy atom. The fourth-order valence-corrected chi connectivity index (χ4v) is 6.12. The third-order valence-electron chi connectivity index (χ3n) is 6.48. The van der Waals surface area contributed by atoms with E-state index in [-0.39, 0.29) is 11.9 Å². The normalized spacial score (nSPS) is 48.1. The van der Waals surface area contributed by atoms with Crippen molar-refractivity contribution in [3.05, 3.63) is 22.2 Å². The number of ether oxygens (including phenoxy) is 3. The Morgan fingerprint density at radius 2 is 2.17 bits per heavy atom. The van der Waals surface area contributed by atoms with Crippen LogP contribution in [0.5, 0.6) is 0 Å². The average Bonchev–Trinajstić information content (AvgIpc) is 3.10. The van der Waals surface area contributed by atoms with Crippen LogP contribution in [0.15, 0.2) is 17.2 Å². The zero-order valence-electron chi connectivity index (χ0n) is 13.9. The van der Waals surface area contributed by atoms with Crippen molar-refractivity contribution >= 4 is 17.1 Å². The molecule has 2 saturated heterocycles. The van der Waals surface area contributed by atoms with Gasteiger partial charge in [-0.05, 0) is 50.5 Å². The van der Waals surface area contributed by atoms with E-state index in [1.165, 1.54) is 18.4 Å². The van der Waals surface area contributed by atoms with Gasteiger partial charge in [-0.3, -0.25) is 0 Å². The van der Waals surface area contributed by atoms with Gasteiger partial charge in [0, 0.05) is 23.9 Å². The van der Waals surface area contributed by atoms with Gasteiger partial charge in [0.2, 0.25) is 6.29 Å². The molecule has 1 aromatic rings. The third kappa shape index (κ3) is 1.76. The monoisotopic (exact) mass is 333 g/mol. The summed E-state index contributed by atoms with van der Waals surface area (Å²) >= 11 is 1.63. The van der Waals surface area contributed by atoms with E-state index in [0.717, 1.165) is 23.6 Å². The molecule has 2 bridgehead atoms. The van der Waals surface area contributed by atoms with Crippen LogP contribution in [0.2, 0.25) is 0 Å². The topological polar surface area (TPSA) is 40.6 Å². The molecule has 0 aromatic carbocycles. The molecule has 3 fully saturated rings. The Hall–Kier alpha value is -0.910. The third-order valence-corrected chi connectivity index (χ3v) is 7.25. The maximum atomic E-state index is 6.65. The van der Waals surface area contributed by atoms with Gasteiger partial charge in [0.25, 0.3) is 0 Å². The second-order valence-electron chi connectivity index (χ2n) is 7.76. The van der Waals surface area contributed by atoms with Gasteiger partial charge in [0.15, 0.2) is 16.6 Å². The first-order valence-corrected chi connectivity index (χ1v) is 9.57. The number of rotatable bonds is 1. The molecule has 1 aromatic heterocycles. The molecular weight excluding hydrogens is 310 g/mol. The van der Waals surface area contributed by atoms with Crippen LogP contribution in [0.25, 0.3) is 5.76 Å². The van der Waals surface area contributed by atoms with Crippen molar-refractivity contribution in [2.75, 3.05) is 0 Å². The van der Waals surface area contributed by atoms with E-state index in [1.54, 1.807) is 11.3 Å². The summed E-state index contributed by atoms with van der Waals surface area (Å²) in [5.74, 6) is 2.00. The van der Waals surface area contributed by atoms with Crippen LogP contribution in [0.3, 0.4) is 0 Å². The lowest BCUT2D eigenvalue weighted by Crippen LogP contribution is -2.61.